The van der Waals surface area contributed by atoms with Crippen LogP contribution in [0.5, 0.6) is 0 Å². The van der Waals surface area contributed by atoms with Crippen LogP contribution in [0.3, 0.4) is 0 Å². The molecular weight excluding hydrogens is 380 g/mol. The third-order valence-corrected chi connectivity index (χ3v) is 5.77. The van der Waals surface area contributed by atoms with Gasteiger partial charge in [-0.1, -0.05) is 37.6 Å². The summed E-state index contributed by atoms with van der Waals surface area (Å²) >= 11 is 7.54. The lowest BCUT2D eigenvalue weighted by Crippen LogP contribution is -2.37. The Bertz CT molecular complexity index is 964. The normalized spacial score (nSPS) is 18.1. The van der Waals surface area contributed by atoms with E-state index in [1.165, 1.54) is 17.0 Å². The van der Waals surface area contributed by atoms with E-state index in [0.717, 1.165) is 29.0 Å². The predicted molar refractivity (Wildman–Crippen MR) is 107 cm³/mol. The highest BCUT2D eigenvalue weighted by Crippen LogP contribution is 2.41. The number of hydrogen-bond acceptors (Lipinski definition) is 4. The fourth-order valence-electron chi connectivity index (χ4n) is 3.73. The Hall–Kier alpha value is -2.18. The Kier molecular flexibility index (Phi) is 4.78. The van der Waals surface area contributed by atoms with Gasteiger partial charge in [-0.05, 0) is 36.0 Å². The summed E-state index contributed by atoms with van der Waals surface area (Å²) in [7, 11) is 0. The summed E-state index contributed by atoms with van der Waals surface area (Å²) in [5.74, 6) is -0.132. The first kappa shape index (κ1) is 18.2. The number of hydrogen-bond donors (Lipinski definition) is 1. The second-order valence-corrected chi connectivity index (χ2v) is 8.93. The molecule has 0 radical (unpaired) electrons. The molecule has 1 atom stereocenters. The van der Waals surface area contributed by atoms with E-state index in [9.17, 15) is 4.79 Å². The molecule has 1 amide bonds. The number of halogens is 1. The standard InChI is InChI=1S/C20H21ClN4OS/c1-20(2)7-16(24-19(26)17-11-27-12-22-17)15-9-23-25(18(15)8-20)10-13-4-3-5-14(21)6-13/h3-6,9,11-12,16H,7-8,10H2,1-2H3,(H,24,26)/t16-/m1/s1. The molecular formula is C20H21ClN4OS. The van der Waals surface area contributed by atoms with Crippen molar-refractivity contribution in [1.29, 1.82) is 0 Å². The molecule has 7 heteroatoms. The zero-order valence-electron chi connectivity index (χ0n) is 15.3. The number of rotatable bonds is 4. The van der Waals surface area contributed by atoms with Gasteiger partial charge in [0.25, 0.3) is 5.91 Å². The van der Waals surface area contributed by atoms with Gasteiger partial charge in [-0.15, -0.1) is 11.3 Å². The van der Waals surface area contributed by atoms with Crippen LogP contribution in [0.2, 0.25) is 5.02 Å². The van der Waals surface area contributed by atoms with Crippen LogP contribution in [-0.2, 0) is 13.0 Å². The largest absolute Gasteiger partial charge is 0.344 e. The van der Waals surface area contributed by atoms with E-state index < -0.39 is 0 Å². The fraction of sp³-hybridized carbons (Fsp3) is 0.350. The molecule has 0 spiro atoms. The number of carbonyl (C=O) groups is 1. The quantitative estimate of drug-likeness (QED) is 0.702. The summed E-state index contributed by atoms with van der Waals surface area (Å²) in [6, 6.07) is 7.78. The zero-order chi connectivity index (χ0) is 19.0. The van der Waals surface area contributed by atoms with Crippen LogP contribution < -0.4 is 5.32 Å². The van der Waals surface area contributed by atoms with Gasteiger partial charge in [0.2, 0.25) is 0 Å². The summed E-state index contributed by atoms with van der Waals surface area (Å²) in [5, 5.41) is 10.3. The van der Waals surface area contributed by atoms with E-state index in [1.54, 1.807) is 10.9 Å². The Morgan fingerprint density at radius 3 is 3.04 bits per heavy atom. The van der Waals surface area contributed by atoms with Crippen molar-refractivity contribution in [2.45, 2.75) is 39.3 Å². The first-order valence-corrected chi connectivity index (χ1v) is 10.2. The molecule has 27 heavy (non-hydrogen) atoms. The first-order chi connectivity index (χ1) is 12.9. The minimum Gasteiger partial charge on any atom is -0.344 e. The monoisotopic (exact) mass is 400 g/mol. The number of benzene rings is 1. The number of carbonyl (C=O) groups excluding carboxylic acids is 1. The molecule has 0 fully saturated rings. The molecule has 1 aliphatic carbocycles. The SMILES string of the molecule is CC1(C)Cc2c(cnn2Cc2cccc(Cl)c2)[C@H](NC(=O)c2cscn2)C1. The molecule has 0 bridgehead atoms. The Balaban J connectivity index is 1.62. The second-order valence-electron chi connectivity index (χ2n) is 7.78. The number of thiazole rings is 1. The van der Waals surface area contributed by atoms with E-state index in [1.807, 2.05) is 29.1 Å². The molecule has 0 saturated heterocycles. The van der Waals surface area contributed by atoms with E-state index in [4.69, 9.17) is 11.6 Å². The van der Waals surface area contributed by atoms with E-state index >= 15 is 0 Å². The molecule has 2 heterocycles. The van der Waals surface area contributed by atoms with Crippen LogP contribution in [0.1, 0.15) is 53.6 Å². The van der Waals surface area contributed by atoms with Crippen LogP contribution in [0.15, 0.2) is 41.4 Å². The maximum absolute atomic E-state index is 12.5. The highest BCUT2D eigenvalue weighted by molar-refractivity contribution is 7.07. The van der Waals surface area contributed by atoms with Gasteiger partial charge in [0.05, 0.1) is 24.3 Å². The average molecular weight is 401 g/mol. The Morgan fingerprint density at radius 1 is 1.44 bits per heavy atom. The molecule has 3 aromatic rings. The summed E-state index contributed by atoms with van der Waals surface area (Å²) in [6.07, 6.45) is 3.69. The van der Waals surface area contributed by atoms with Gasteiger partial charge in [-0.3, -0.25) is 9.48 Å². The molecule has 4 rings (SSSR count). The van der Waals surface area contributed by atoms with Crippen molar-refractivity contribution in [3.63, 3.8) is 0 Å². The maximum Gasteiger partial charge on any atom is 0.271 e. The van der Waals surface area contributed by atoms with Crippen LogP contribution in [0.25, 0.3) is 0 Å². The fourth-order valence-corrected chi connectivity index (χ4v) is 4.47. The van der Waals surface area contributed by atoms with Gasteiger partial charge >= 0.3 is 0 Å². The van der Waals surface area contributed by atoms with Crippen molar-refractivity contribution in [2.75, 3.05) is 0 Å². The highest BCUT2D eigenvalue weighted by atomic mass is 35.5. The lowest BCUT2D eigenvalue weighted by molar-refractivity contribution is 0.0914. The number of nitrogens with zero attached hydrogens (tertiary/aromatic N) is 3. The number of nitrogens with one attached hydrogen (secondary N) is 1. The molecule has 1 aliphatic rings. The Morgan fingerprint density at radius 2 is 2.30 bits per heavy atom. The predicted octanol–water partition coefficient (Wildman–Crippen LogP) is 4.48. The molecule has 5 nitrogen and oxygen atoms in total. The van der Waals surface area contributed by atoms with Gasteiger partial charge in [0.1, 0.15) is 5.69 Å². The van der Waals surface area contributed by atoms with Crippen molar-refractivity contribution in [2.24, 2.45) is 5.41 Å². The van der Waals surface area contributed by atoms with Crippen molar-refractivity contribution in [3.05, 3.63) is 68.9 Å². The minimum absolute atomic E-state index is 0.0638. The summed E-state index contributed by atoms with van der Waals surface area (Å²) in [6.45, 7) is 5.13. The van der Waals surface area contributed by atoms with Crippen molar-refractivity contribution < 1.29 is 4.79 Å². The van der Waals surface area contributed by atoms with Crippen LogP contribution in [-0.4, -0.2) is 20.7 Å². The molecule has 0 saturated carbocycles. The smallest absolute Gasteiger partial charge is 0.271 e. The molecule has 140 valence electrons. The molecule has 1 aromatic carbocycles. The molecule has 1 N–H and O–H groups in total. The van der Waals surface area contributed by atoms with Crippen molar-refractivity contribution >= 4 is 28.8 Å². The lowest BCUT2D eigenvalue weighted by atomic mass is 9.74. The highest BCUT2D eigenvalue weighted by Gasteiger charge is 2.36. The van der Waals surface area contributed by atoms with Crippen LogP contribution >= 0.6 is 22.9 Å². The number of fused-ring (bicyclic) bond motifs is 1. The van der Waals surface area contributed by atoms with Crippen LogP contribution in [0, 0.1) is 5.41 Å². The van der Waals surface area contributed by atoms with Gasteiger partial charge < -0.3 is 5.32 Å². The van der Waals surface area contributed by atoms with E-state index in [-0.39, 0.29) is 17.4 Å². The van der Waals surface area contributed by atoms with Gasteiger partial charge in [-0.2, -0.15) is 5.10 Å². The Labute approximate surface area is 167 Å². The second kappa shape index (κ2) is 7.09. The molecule has 2 aromatic heterocycles. The first-order valence-electron chi connectivity index (χ1n) is 8.89. The molecule has 0 unspecified atom stereocenters. The zero-order valence-corrected chi connectivity index (χ0v) is 16.8. The molecule has 0 aliphatic heterocycles. The number of aromatic nitrogens is 3. The third-order valence-electron chi connectivity index (χ3n) is 4.95. The van der Waals surface area contributed by atoms with Gasteiger partial charge in [0, 0.05) is 21.7 Å². The van der Waals surface area contributed by atoms with Gasteiger partial charge in [0.15, 0.2) is 0 Å². The minimum atomic E-state index is -0.132. The van der Waals surface area contributed by atoms with Crippen LogP contribution in [0.4, 0.5) is 0 Å². The summed E-state index contributed by atoms with van der Waals surface area (Å²) in [5.41, 5.74) is 5.60. The third kappa shape index (κ3) is 3.92. The average Bonchev–Trinajstić information content (AvgIpc) is 3.25. The summed E-state index contributed by atoms with van der Waals surface area (Å²) in [4.78, 5) is 16.6. The van der Waals surface area contributed by atoms with Crippen molar-refractivity contribution in [3.8, 4) is 0 Å². The topological polar surface area (TPSA) is 59.8 Å². The summed E-state index contributed by atoms with van der Waals surface area (Å²) < 4.78 is 2.03. The number of amides is 1. The van der Waals surface area contributed by atoms with E-state index in [0.29, 0.717) is 12.2 Å². The van der Waals surface area contributed by atoms with E-state index in [2.05, 4.69) is 35.3 Å². The lowest BCUT2D eigenvalue weighted by Gasteiger charge is -2.36. The van der Waals surface area contributed by atoms with Gasteiger partial charge in [-0.25, -0.2) is 4.98 Å². The van der Waals surface area contributed by atoms with Crippen molar-refractivity contribution in [1.82, 2.24) is 20.1 Å². The maximum atomic E-state index is 12.5.